The molecule has 0 aliphatic carbocycles. The number of quaternary nitrogens is 1. The number of ether oxygens (including phenoxy) is 1. The lowest BCUT2D eigenvalue weighted by Gasteiger charge is -2.37. The van der Waals surface area contributed by atoms with Gasteiger partial charge >= 0.3 is 5.97 Å². The molecule has 0 bridgehead atoms. The normalized spacial score (nSPS) is 29.7. The van der Waals surface area contributed by atoms with Gasteiger partial charge in [-0.2, -0.15) is 0 Å². The van der Waals surface area contributed by atoms with E-state index in [1.165, 1.54) is 4.90 Å². The molecule has 3 heteroatoms. The summed E-state index contributed by atoms with van der Waals surface area (Å²) in [6.45, 7) is 10.1. The van der Waals surface area contributed by atoms with Gasteiger partial charge in [-0.1, -0.05) is 31.7 Å². The zero-order valence-electron chi connectivity index (χ0n) is 12.3. The minimum atomic E-state index is -0.0896. The zero-order valence-corrected chi connectivity index (χ0v) is 12.3. The molecule has 0 aromatic heterocycles. The second-order valence-corrected chi connectivity index (χ2v) is 5.81. The number of para-hydroxylation sites is 1. The summed E-state index contributed by atoms with van der Waals surface area (Å²) in [4.78, 5) is 13.8. The molecule has 1 aromatic rings. The third-order valence-corrected chi connectivity index (χ3v) is 4.25. The van der Waals surface area contributed by atoms with E-state index in [9.17, 15) is 4.79 Å². The number of piperidine rings is 1. The number of carbonyl (C=O) groups is 1. The summed E-state index contributed by atoms with van der Waals surface area (Å²) in [6, 6.07) is 9.79. The summed E-state index contributed by atoms with van der Waals surface area (Å²) >= 11 is 0. The highest BCUT2D eigenvalue weighted by Gasteiger charge is 2.38. The van der Waals surface area contributed by atoms with Crippen molar-refractivity contribution in [1.82, 2.24) is 0 Å². The fraction of sp³-hybridized carbons (Fsp3) is 0.471. The molecule has 1 aromatic carbocycles. The highest BCUT2D eigenvalue weighted by molar-refractivity contribution is 5.75. The maximum atomic E-state index is 12.3. The molecular weight excluding hydrogens is 250 g/mol. The van der Waals surface area contributed by atoms with E-state index in [0.717, 1.165) is 19.5 Å². The molecule has 1 N–H and O–H groups in total. The van der Waals surface area contributed by atoms with Crippen molar-refractivity contribution in [2.75, 3.05) is 13.1 Å². The van der Waals surface area contributed by atoms with Crippen LogP contribution in [0.1, 0.15) is 20.3 Å². The van der Waals surface area contributed by atoms with Crippen molar-refractivity contribution in [1.29, 1.82) is 0 Å². The van der Waals surface area contributed by atoms with Gasteiger partial charge in [-0.05, 0) is 25.1 Å². The first-order valence-corrected chi connectivity index (χ1v) is 7.34. The Bertz CT molecular complexity index is 457. The van der Waals surface area contributed by atoms with Gasteiger partial charge in [0, 0.05) is 12.3 Å². The van der Waals surface area contributed by atoms with Crippen molar-refractivity contribution >= 4 is 5.97 Å². The molecule has 3 nitrogen and oxygen atoms in total. The van der Waals surface area contributed by atoms with Crippen LogP contribution < -0.4 is 9.64 Å². The third kappa shape index (κ3) is 3.48. The molecule has 0 radical (unpaired) electrons. The molecule has 108 valence electrons. The molecule has 4 atom stereocenters. The van der Waals surface area contributed by atoms with Gasteiger partial charge in [0.15, 0.2) is 0 Å². The monoisotopic (exact) mass is 274 g/mol. The van der Waals surface area contributed by atoms with Crippen molar-refractivity contribution in [3.63, 3.8) is 0 Å². The first-order chi connectivity index (χ1) is 9.61. The standard InChI is InChI=1S/C17H23NO2/c1-4-10-18-12-13(2)16(11-14(18)3)17(19)20-15-8-6-5-7-9-15/h4-9,13-14,16H,1,10-12H2,2-3H3/p+1. The Morgan fingerprint density at radius 2 is 2.10 bits per heavy atom. The van der Waals surface area contributed by atoms with Crippen molar-refractivity contribution in [2.24, 2.45) is 11.8 Å². The van der Waals surface area contributed by atoms with Crippen molar-refractivity contribution < 1.29 is 14.4 Å². The van der Waals surface area contributed by atoms with E-state index in [2.05, 4.69) is 20.4 Å². The van der Waals surface area contributed by atoms with E-state index >= 15 is 0 Å². The fourth-order valence-corrected chi connectivity index (χ4v) is 3.02. The van der Waals surface area contributed by atoms with Crippen LogP contribution in [0.25, 0.3) is 0 Å². The first-order valence-electron chi connectivity index (χ1n) is 7.34. The Morgan fingerprint density at radius 3 is 2.75 bits per heavy atom. The van der Waals surface area contributed by atoms with Crippen LogP contribution in [0.3, 0.4) is 0 Å². The van der Waals surface area contributed by atoms with E-state index in [1.54, 1.807) is 0 Å². The molecule has 1 aliphatic rings. The van der Waals surface area contributed by atoms with Gasteiger partial charge in [0.1, 0.15) is 5.75 Å². The van der Waals surface area contributed by atoms with Crippen LogP contribution in [0.5, 0.6) is 5.75 Å². The molecule has 1 aliphatic heterocycles. The number of benzene rings is 1. The molecule has 0 spiro atoms. The van der Waals surface area contributed by atoms with Crippen molar-refractivity contribution in [3.05, 3.63) is 43.0 Å². The molecule has 1 saturated heterocycles. The molecule has 0 saturated carbocycles. The predicted octanol–water partition coefficient (Wildman–Crippen LogP) is 1.71. The maximum absolute atomic E-state index is 12.3. The maximum Gasteiger partial charge on any atom is 0.315 e. The number of nitrogens with one attached hydrogen (secondary N) is 1. The molecular formula is C17H24NO2+. The Labute approximate surface area is 121 Å². The van der Waals surface area contributed by atoms with E-state index in [0.29, 0.717) is 17.7 Å². The molecule has 4 unspecified atom stereocenters. The van der Waals surface area contributed by atoms with Gasteiger partial charge in [-0.15, -0.1) is 0 Å². The van der Waals surface area contributed by atoms with Crippen molar-refractivity contribution in [2.45, 2.75) is 26.3 Å². The Morgan fingerprint density at radius 1 is 1.40 bits per heavy atom. The third-order valence-electron chi connectivity index (χ3n) is 4.25. The lowest BCUT2D eigenvalue weighted by molar-refractivity contribution is -0.927. The number of likely N-dealkylation sites (tertiary alicyclic amines) is 1. The molecule has 2 rings (SSSR count). The molecule has 1 fully saturated rings. The summed E-state index contributed by atoms with van der Waals surface area (Å²) < 4.78 is 5.50. The van der Waals surface area contributed by atoms with Gasteiger partial charge in [0.2, 0.25) is 0 Å². The van der Waals surface area contributed by atoms with E-state index in [4.69, 9.17) is 4.74 Å². The Balaban J connectivity index is 1.98. The van der Waals surface area contributed by atoms with E-state index in [1.807, 2.05) is 36.4 Å². The van der Waals surface area contributed by atoms with Gasteiger partial charge < -0.3 is 9.64 Å². The van der Waals surface area contributed by atoms with Crippen LogP contribution in [0, 0.1) is 11.8 Å². The lowest BCUT2D eigenvalue weighted by Crippen LogP contribution is -3.17. The summed E-state index contributed by atoms with van der Waals surface area (Å²) in [5.74, 6) is 0.891. The zero-order chi connectivity index (χ0) is 14.5. The van der Waals surface area contributed by atoms with Crippen LogP contribution in [0.2, 0.25) is 0 Å². The second kappa shape index (κ2) is 6.71. The first kappa shape index (κ1) is 14.8. The highest BCUT2D eigenvalue weighted by Crippen LogP contribution is 2.22. The number of hydrogen-bond acceptors (Lipinski definition) is 2. The number of carbonyl (C=O) groups excluding carboxylic acids is 1. The van der Waals surface area contributed by atoms with Crippen LogP contribution in [0.4, 0.5) is 0 Å². The SMILES string of the molecule is C=CC[NH+]1CC(C)C(C(=O)Oc2ccccc2)CC1C. The lowest BCUT2D eigenvalue weighted by atomic mass is 9.83. The van der Waals surface area contributed by atoms with Gasteiger partial charge in [0.05, 0.1) is 25.0 Å². The quantitative estimate of drug-likeness (QED) is 0.515. The van der Waals surface area contributed by atoms with Crippen LogP contribution in [0.15, 0.2) is 43.0 Å². The minimum absolute atomic E-state index is 0.00114. The van der Waals surface area contributed by atoms with Gasteiger partial charge in [-0.3, -0.25) is 4.79 Å². The van der Waals surface area contributed by atoms with Gasteiger partial charge in [0.25, 0.3) is 0 Å². The average Bonchev–Trinajstić information content (AvgIpc) is 2.43. The minimum Gasteiger partial charge on any atom is -0.426 e. The number of esters is 1. The molecule has 20 heavy (non-hydrogen) atoms. The van der Waals surface area contributed by atoms with Crippen LogP contribution >= 0.6 is 0 Å². The summed E-state index contributed by atoms with van der Waals surface area (Å²) in [5, 5.41) is 0. The second-order valence-electron chi connectivity index (χ2n) is 5.81. The average molecular weight is 274 g/mol. The van der Waals surface area contributed by atoms with Crippen molar-refractivity contribution in [3.8, 4) is 5.75 Å². The predicted molar refractivity (Wildman–Crippen MR) is 79.7 cm³/mol. The molecule has 0 amide bonds. The van der Waals surface area contributed by atoms with E-state index < -0.39 is 0 Å². The smallest absolute Gasteiger partial charge is 0.315 e. The molecule has 1 heterocycles. The topological polar surface area (TPSA) is 30.7 Å². The summed E-state index contributed by atoms with van der Waals surface area (Å²) in [7, 11) is 0. The largest absolute Gasteiger partial charge is 0.426 e. The summed E-state index contributed by atoms with van der Waals surface area (Å²) in [6.07, 6.45) is 2.84. The van der Waals surface area contributed by atoms with E-state index in [-0.39, 0.29) is 11.9 Å². The van der Waals surface area contributed by atoms with Crippen LogP contribution in [-0.2, 0) is 4.79 Å². The Kier molecular flexibility index (Phi) is 4.96. The number of hydrogen-bond donors (Lipinski definition) is 1. The van der Waals surface area contributed by atoms with Crippen LogP contribution in [-0.4, -0.2) is 25.1 Å². The number of rotatable bonds is 4. The highest BCUT2D eigenvalue weighted by atomic mass is 16.5. The Hall–Kier alpha value is -1.61. The fourth-order valence-electron chi connectivity index (χ4n) is 3.02. The summed E-state index contributed by atoms with van der Waals surface area (Å²) in [5.41, 5.74) is 0. The van der Waals surface area contributed by atoms with Gasteiger partial charge in [-0.25, -0.2) is 0 Å².